The normalized spacial score (nSPS) is 10.4. The van der Waals surface area contributed by atoms with Crippen LogP contribution in [0.4, 0.5) is 0 Å². The molecule has 1 aromatic rings. The molecule has 0 atom stereocenters. The zero-order valence-electron chi connectivity index (χ0n) is 7.85. The fourth-order valence-electron chi connectivity index (χ4n) is 0.838. The van der Waals surface area contributed by atoms with Crippen LogP contribution in [0.3, 0.4) is 0 Å². The second-order valence-electron chi connectivity index (χ2n) is 2.58. The van der Waals surface area contributed by atoms with E-state index in [9.17, 15) is 18.3 Å². The minimum absolute atomic E-state index is 0. The van der Waals surface area contributed by atoms with Crippen LogP contribution >= 0.6 is 0 Å². The molecule has 0 N–H and O–H groups in total. The van der Waals surface area contributed by atoms with Crippen LogP contribution in [0.1, 0.15) is 10.4 Å². The van der Waals surface area contributed by atoms with Gasteiger partial charge in [0, 0.05) is 6.26 Å². The van der Waals surface area contributed by atoms with Gasteiger partial charge in [0.1, 0.15) is 0 Å². The maximum atomic E-state index is 11.0. The Morgan fingerprint density at radius 1 is 1.21 bits per heavy atom. The first-order chi connectivity index (χ1) is 5.91. The molecule has 0 fully saturated rings. The molecule has 0 radical (unpaired) electrons. The van der Waals surface area contributed by atoms with Crippen LogP contribution in [0, 0.1) is 0 Å². The average Bonchev–Trinajstić information content (AvgIpc) is 2.03. The van der Waals surface area contributed by atoms with E-state index in [-0.39, 0.29) is 29.3 Å². The Morgan fingerprint density at radius 3 is 1.93 bits per heavy atom. The van der Waals surface area contributed by atoms with Crippen molar-refractivity contribution in [2.75, 3.05) is 6.26 Å². The minimum Gasteiger partial charge on any atom is -0.545 e. The van der Waals surface area contributed by atoms with Crippen LogP contribution in [-0.4, -0.2) is 20.6 Å². The van der Waals surface area contributed by atoms with Gasteiger partial charge in [0.15, 0.2) is 9.84 Å². The first-order valence-corrected chi connectivity index (χ1v) is 5.32. The van der Waals surface area contributed by atoms with Crippen LogP contribution in [0.25, 0.3) is 0 Å². The van der Waals surface area contributed by atoms with Gasteiger partial charge < -0.3 is 9.90 Å². The Morgan fingerprint density at radius 2 is 1.64 bits per heavy atom. The number of carbonyl (C=O) groups is 1. The molecule has 0 aliphatic heterocycles. The molecule has 0 saturated carbocycles. The van der Waals surface area contributed by atoms with E-state index in [1.54, 1.807) is 0 Å². The number of aromatic carboxylic acids is 1. The topological polar surface area (TPSA) is 74.3 Å². The van der Waals surface area contributed by atoms with Crippen LogP contribution in [0.15, 0.2) is 29.2 Å². The van der Waals surface area contributed by atoms with Crippen molar-refractivity contribution in [1.82, 2.24) is 0 Å². The number of carbonyl (C=O) groups excluding carboxylic acids is 1. The van der Waals surface area contributed by atoms with E-state index in [1.807, 2.05) is 0 Å². The van der Waals surface area contributed by atoms with Crippen molar-refractivity contribution in [2.24, 2.45) is 0 Å². The first kappa shape index (κ1) is 13.2. The fraction of sp³-hybridized carbons (Fsp3) is 0.125. The third-order valence-electron chi connectivity index (χ3n) is 1.52. The van der Waals surface area contributed by atoms with Gasteiger partial charge in [-0.3, -0.25) is 0 Å². The molecule has 14 heavy (non-hydrogen) atoms. The van der Waals surface area contributed by atoms with Gasteiger partial charge >= 0.3 is 18.9 Å². The van der Waals surface area contributed by atoms with E-state index in [0.29, 0.717) is 0 Å². The predicted octanol–water partition coefficient (Wildman–Crippen LogP) is -3.54. The summed E-state index contributed by atoms with van der Waals surface area (Å²) in [5, 5.41) is 10.3. The number of hydrogen-bond donors (Lipinski definition) is 0. The van der Waals surface area contributed by atoms with Gasteiger partial charge in [0.2, 0.25) is 0 Å². The third kappa shape index (κ3) is 3.18. The quantitative estimate of drug-likeness (QED) is 0.470. The summed E-state index contributed by atoms with van der Waals surface area (Å²) in [5.74, 6) is -1.32. The molecule has 0 saturated heterocycles. The van der Waals surface area contributed by atoms with E-state index in [4.69, 9.17) is 0 Å². The Kier molecular flexibility index (Phi) is 4.39. The molecule has 0 aromatic heterocycles. The molecule has 0 unspecified atom stereocenters. The number of benzene rings is 1. The zero-order valence-corrected chi connectivity index (χ0v) is 8.67. The average molecular weight is 206 g/mol. The molecule has 70 valence electrons. The predicted molar refractivity (Wildman–Crippen MR) is 43.9 cm³/mol. The molecule has 6 heteroatoms. The molecule has 0 spiro atoms. The van der Waals surface area contributed by atoms with Crippen LogP contribution < -0.4 is 24.0 Å². The summed E-state index contributed by atoms with van der Waals surface area (Å²) in [6, 6.07) is 4.87. The standard InChI is InChI=1S/C8H8O4S.Li/c1-13(11,12)7-4-2-6(3-5-7)8(9)10;/h2-5H,1H3,(H,9,10);/q;+1/p-1. The zero-order chi connectivity index (χ0) is 10.1. The van der Waals surface area contributed by atoms with Crippen molar-refractivity contribution < 1.29 is 37.2 Å². The fourth-order valence-corrected chi connectivity index (χ4v) is 1.47. The number of hydrogen-bond acceptors (Lipinski definition) is 4. The van der Waals surface area contributed by atoms with E-state index in [1.165, 1.54) is 24.3 Å². The molecule has 0 bridgehead atoms. The van der Waals surface area contributed by atoms with Gasteiger partial charge in [-0.15, -0.1) is 0 Å². The second-order valence-corrected chi connectivity index (χ2v) is 4.60. The van der Waals surface area contributed by atoms with Gasteiger partial charge in [0.25, 0.3) is 0 Å². The summed E-state index contributed by atoms with van der Waals surface area (Å²) in [4.78, 5) is 10.4. The van der Waals surface area contributed by atoms with Crippen LogP contribution in [0.5, 0.6) is 0 Å². The van der Waals surface area contributed by atoms with E-state index in [0.717, 1.165) is 6.26 Å². The molecule has 4 nitrogen and oxygen atoms in total. The van der Waals surface area contributed by atoms with Gasteiger partial charge in [-0.25, -0.2) is 8.42 Å². The maximum Gasteiger partial charge on any atom is 1.00 e. The van der Waals surface area contributed by atoms with Crippen molar-refractivity contribution in [3.8, 4) is 0 Å². The van der Waals surface area contributed by atoms with E-state index >= 15 is 0 Å². The number of sulfone groups is 1. The Bertz CT molecular complexity index is 421. The SMILES string of the molecule is CS(=O)(=O)c1ccc(C(=O)[O-])cc1.[Li+]. The Hall–Kier alpha value is -0.763. The molecular weight excluding hydrogens is 199 g/mol. The van der Waals surface area contributed by atoms with Crippen molar-refractivity contribution in [1.29, 1.82) is 0 Å². The van der Waals surface area contributed by atoms with Crippen molar-refractivity contribution >= 4 is 15.8 Å². The number of carboxylic acid groups (broad SMARTS) is 1. The van der Waals surface area contributed by atoms with Gasteiger partial charge in [-0.2, -0.15) is 0 Å². The molecule has 1 rings (SSSR count). The number of carboxylic acids is 1. The molecular formula is C8H7LiO4S. The summed E-state index contributed by atoms with van der Waals surface area (Å²) < 4.78 is 21.9. The van der Waals surface area contributed by atoms with Crippen molar-refractivity contribution in [3.63, 3.8) is 0 Å². The largest absolute Gasteiger partial charge is 1.00 e. The minimum atomic E-state index is -3.26. The Labute approximate surface area is 94.0 Å². The summed E-state index contributed by atoms with van der Waals surface area (Å²) in [7, 11) is -3.26. The summed E-state index contributed by atoms with van der Waals surface area (Å²) in [5.41, 5.74) is -0.0348. The van der Waals surface area contributed by atoms with Gasteiger partial charge in [0.05, 0.1) is 10.9 Å². The van der Waals surface area contributed by atoms with Gasteiger partial charge in [-0.05, 0) is 17.7 Å². The Balaban J connectivity index is 0.00000169. The van der Waals surface area contributed by atoms with Gasteiger partial charge in [-0.1, -0.05) is 12.1 Å². The van der Waals surface area contributed by atoms with Crippen molar-refractivity contribution in [2.45, 2.75) is 4.90 Å². The van der Waals surface area contributed by atoms with Crippen LogP contribution in [0.2, 0.25) is 0 Å². The van der Waals surface area contributed by atoms with Crippen molar-refractivity contribution in [3.05, 3.63) is 29.8 Å². The van der Waals surface area contributed by atoms with E-state index in [2.05, 4.69) is 0 Å². The smallest absolute Gasteiger partial charge is 0.545 e. The monoisotopic (exact) mass is 206 g/mol. The first-order valence-electron chi connectivity index (χ1n) is 3.43. The maximum absolute atomic E-state index is 11.0. The third-order valence-corrected chi connectivity index (χ3v) is 2.65. The van der Waals surface area contributed by atoms with Crippen LogP contribution in [-0.2, 0) is 9.84 Å². The molecule has 0 amide bonds. The number of rotatable bonds is 2. The summed E-state index contributed by atoms with van der Waals surface area (Å²) in [6.07, 6.45) is 1.06. The van der Waals surface area contributed by atoms with E-state index < -0.39 is 15.8 Å². The summed E-state index contributed by atoms with van der Waals surface area (Å²) >= 11 is 0. The molecule has 0 aliphatic carbocycles. The molecule has 0 aliphatic rings. The summed E-state index contributed by atoms with van der Waals surface area (Å²) in [6.45, 7) is 0. The second kappa shape index (κ2) is 4.65. The molecule has 1 aromatic carbocycles. The molecule has 0 heterocycles.